The molecule has 1 saturated heterocycles. The van der Waals surface area contributed by atoms with E-state index in [0.717, 1.165) is 16.8 Å². The van der Waals surface area contributed by atoms with Gasteiger partial charge in [-0.05, 0) is 42.6 Å². The van der Waals surface area contributed by atoms with Gasteiger partial charge >= 0.3 is 0 Å². The molecule has 1 N–H and O–H groups in total. The lowest BCUT2D eigenvalue weighted by molar-refractivity contribution is -0.123. The summed E-state index contributed by atoms with van der Waals surface area (Å²) in [5.41, 5.74) is 3.31. The topological polar surface area (TPSA) is 58.6 Å². The fraction of sp³-hybridized carbons (Fsp3) is 0.0556. The zero-order chi connectivity index (χ0) is 19.6. The number of rotatable bonds is 4. The normalized spacial score (nSPS) is 15.4. The number of thioether (sulfide) groups is 1. The molecule has 1 heterocycles. The molecule has 1 fully saturated rings. The number of amides is 2. The summed E-state index contributed by atoms with van der Waals surface area (Å²) in [6, 6.07) is 11.7. The third kappa shape index (κ3) is 4.11. The molecule has 0 unspecified atom stereocenters. The third-order valence-corrected chi connectivity index (χ3v) is 5.60. The van der Waals surface area contributed by atoms with Gasteiger partial charge in [0.05, 0.1) is 17.6 Å². The number of carbonyl (C=O) groups is 2. The average molecular weight is 439 g/mol. The van der Waals surface area contributed by atoms with Crippen molar-refractivity contribution in [3.8, 4) is 5.75 Å². The van der Waals surface area contributed by atoms with Crippen LogP contribution in [0.2, 0.25) is 10.0 Å². The van der Waals surface area contributed by atoms with Crippen LogP contribution in [0, 0.1) is 0 Å². The molecule has 2 amide bonds. The molecule has 27 heavy (non-hydrogen) atoms. The van der Waals surface area contributed by atoms with Crippen LogP contribution in [0.25, 0.3) is 6.08 Å². The summed E-state index contributed by atoms with van der Waals surface area (Å²) in [6.07, 6.45) is 1.55. The van der Waals surface area contributed by atoms with E-state index in [1.54, 1.807) is 48.5 Å². The Bertz CT molecular complexity index is 959. The third-order valence-electron chi connectivity index (χ3n) is 3.63. The van der Waals surface area contributed by atoms with Crippen LogP contribution in [0.4, 0.5) is 0 Å². The first-order chi connectivity index (χ1) is 12.9. The first-order valence-corrected chi connectivity index (χ1v) is 9.56. The number of nitrogens with zero attached hydrogens (tertiary/aromatic N) is 1. The maximum absolute atomic E-state index is 12.7. The highest BCUT2D eigenvalue weighted by Crippen LogP contribution is 2.35. The van der Waals surface area contributed by atoms with Crippen molar-refractivity contribution in [2.45, 2.75) is 0 Å². The second-order valence-corrected chi connectivity index (χ2v) is 7.78. The maximum Gasteiger partial charge on any atom is 0.285 e. The number of hydrogen-bond donors (Lipinski definition) is 1. The Kier molecular flexibility index (Phi) is 6.06. The molecule has 2 aromatic rings. The quantitative estimate of drug-likeness (QED) is 0.560. The number of para-hydroxylation sites is 1. The molecule has 0 saturated carbocycles. The molecule has 0 spiro atoms. The molecule has 1 aliphatic rings. The Morgan fingerprint density at radius 2 is 1.85 bits per heavy atom. The Morgan fingerprint density at radius 3 is 2.52 bits per heavy atom. The van der Waals surface area contributed by atoms with E-state index in [-0.39, 0.29) is 9.88 Å². The zero-order valence-corrected chi connectivity index (χ0v) is 17.0. The van der Waals surface area contributed by atoms with E-state index >= 15 is 0 Å². The van der Waals surface area contributed by atoms with Gasteiger partial charge in [0.2, 0.25) is 0 Å². The van der Waals surface area contributed by atoms with Crippen molar-refractivity contribution in [2.24, 2.45) is 0 Å². The van der Waals surface area contributed by atoms with Gasteiger partial charge in [-0.3, -0.25) is 15.0 Å². The van der Waals surface area contributed by atoms with E-state index < -0.39 is 11.8 Å². The predicted octanol–water partition coefficient (Wildman–Crippen LogP) is 4.55. The van der Waals surface area contributed by atoms with Crippen molar-refractivity contribution >= 4 is 69.4 Å². The van der Waals surface area contributed by atoms with Crippen molar-refractivity contribution in [1.82, 2.24) is 10.4 Å². The maximum atomic E-state index is 12.7. The highest BCUT2D eigenvalue weighted by Gasteiger charge is 2.34. The van der Waals surface area contributed by atoms with Gasteiger partial charge in [0, 0.05) is 15.6 Å². The standard InChI is InChI=1S/C18H12Cl2N2O3S2/c1-25-14-8-3-2-5-10(14)16(23)21-22-17(24)15(27-18(22)26)9-11-12(19)6-4-7-13(11)20/h2-9H,1H3,(H,21,23)/b15-9-. The second kappa shape index (κ2) is 8.31. The van der Waals surface area contributed by atoms with Crippen molar-refractivity contribution in [1.29, 1.82) is 0 Å². The van der Waals surface area contributed by atoms with Gasteiger partial charge in [0.1, 0.15) is 5.75 Å². The lowest BCUT2D eigenvalue weighted by atomic mass is 10.2. The molecule has 3 rings (SSSR count). The first kappa shape index (κ1) is 19.7. The SMILES string of the molecule is COc1ccccc1C(=O)NN1C(=O)/C(=C/c2c(Cl)cccc2Cl)SC1=S. The zero-order valence-electron chi connectivity index (χ0n) is 13.9. The van der Waals surface area contributed by atoms with E-state index in [4.69, 9.17) is 40.2 Å². The van der Waals surface area contributed by atoms with E-state index in [0.29, 0.717) is 26.3 Å². The van der Waals surface area contributed by atoms with Crippen molar-refractivity contribution in [2.75, 3.05) is 7.11 Å². The minimum absolute atomic E-state index is 0.192. The number of hydrazine groups is 1. The molecular formula is C18H12Cl2N2O3S2. The van der Waals surface area contributed by atoms with Crippen molar-refractivity contribution in [3.05, 3.63) is 68.5 Å². The smallest absolute Gasteiger partial charge is 0.285 e. The average Bonchev–Trinajstić information content (AvgIpc) is 2.92. The molecule has 5 nitrogen and oxygen atoms in total. The molecule has 2 aromatic carbocycles. The summed E-state index contributed by atoms with van der Waals surface area (Å²) >= 11 is 18.6. The van der Waals surface area contributed by atoms with Gasteiger partial charge < -0.3 is 4.74 Å². The number of thiocarbonyl (C=S) groups is 1. The lowest BCUT2D eigenvalue weighted by Crippen LogP contribution is -2.44. The van der Waals surface area contributed by atoms with E-state index in [2.05, 4.69) is 5.43 Å². The van der Waals surface area contributed by atoms with Crippen molar-refractivity contribution in [3.63, 3.8) is 0 Å². The minimum Gasteiger partial charge on any atom is -0.496 e. The summed E-state index contributed by atoms with van der Waals surface area (Å²) in [5, 5.41) is 1.84. The molecule has 0 bridgehead atoms. The number of nitrogens with one attached hydrogen (secondary N) is 1. The monoisotopic (exact) mass is 438 g/mol. The van der Waals surface area contributed by atoms with Gasteiger partial charge in [-0.2, -0.15) is 5.01 Å². The Morgan fingerprint density at radius 1 is 1.19 bits per heavy atom. The van der Waals surface area contributed by atoms with Gasteiger partial charge in [-0.25, -0.2) is 0 Å². The summed E-state index contributed by atoms with van der Waals surface area (Å²) in [4.78, 5) is 25.5. The number of halogens is 2. The van der Waals surface area contributed by atoms with Crippen LogP contribution in [0.15, 0.2) is 47.4 Å². The summed E-state index contributed by atoms with van der Waals surface area (Å²) in [7, 11) is 1.46. The molecule has 9 heteroatoms. The number of benzene rings is 2. The second-order valence-electron chi connectivity index (χ2n) is 5.29. The first-order valence-electron chi connectivity index (χ1n) is 7.58. The van der Waals surface area contributed by atoms with Crippen LogP contribution in [-0.4, -0.2) is 28.3 Å². The summed E-state index contributed by atoms with van der Waals surface area (Å²) in [6.45, 7) is 0. The Labute approximate surface area is 175 Å². The molecular weight excluding hydrogens is 427 g/mol. The molecule has 1 aliphatic heterocycles. The highest BCUT2D eigenvalue weighted by atomic mass is 35.5. The largest absolute Gasteiger partial charge is 0.496 e. The van der Waals surface area contributed by atoms with Crippen molar-refractivity contribution < 1.29 is 14.3 Å². The van der Waals surface area contributed by atoms with Gasteiger partial charge in [0.25, 0.3) is 11.8 Å². The van der Waals surface area contributed by atoms with Gasteiger partial charge in [-0.15, -0.1) is 0 Å². The molecule has 0 aliphatic carbocycles. The summed E-state index contributed by atoms with van der Waals surface area (Å²) < 4.78 is 5.36. The number of hydrogen-bond acceptors (Lipinski definition) is 5. The van der Waals surface area contributed by atoms with Crippen LogP contribution >= 0.6 is 47.2 Å². The Hall–Kier alpha value is -2.06. The number of methoxy groups -OCH3 is 1. The van der Waals surface area contributed by atoms with Crippen LogP contribution in [-0.2, 0) is 4.79 Å². The molecule has 0 atom stereocenters. The van der Waals surface area contributed by atoms with Crippen LogP contribution in [0.1, 0.15) is 15.9 Å². The van der Waals surface area contributed by atoms with E-state index in [9.17, 15) is 9.59 Å². The highest BCUT2D eigenvalue weighted by molar-refractivity contribution is 8.26. The number of carbonyl (C=O) groups excluding carboxylic acids is 2. The van der Waals surface area contributed by atoms with Crippen LogP contribution < -0.4 is 10.2 Å². The molecule has 0 aromatic heterocycles. The fourth-order valence-corrected chi connectivity index (χ4v) is 4.01. The van der Waals surface area contributed by atoms with E-state index in [1.807, 2.05) is 0 Å². The Balaban J connectivity index is 1.84. The van der Waals surface area contributed by atoms with E-state index in [1.165, 1.54) is 7.11 Å². The predicted molar refractivity (Wildman–Crippen MR) is 112 cm³/mol. The fourth-order valence-electron chi connectivity index (χ4n) is 2.34. The minimum atomic E-state index is -0.513. The van der Waals surface area contributed by atoms with Crippen LogP contribution in [0.3, 0.4) is 0 Å². The number of ether oxygens (including phenoxy) is 1. The lowest BCUT2D eigenvalue weighted by Gasteiger charge is -2.16. The molecule has 0 radical (unpaired) electrons. The van der Waals surface area contributed by atoms with Gasteiger partial charge in [0.15, 0.2) is 4.32 Å². The van der Waals surface area contributed by atoms with Gasteiger partial charge in [-0.1, -0.05) is 53.2 Å². The molecule has 138 valence electrons. The summed E-state index contributed by atoms with van der Waals surface area (Å²) in [5.74, 6) is -0.594. The van der Waals surface area contributed by atoms with Crippen LogP contribution in [0.5, 0.6) is 5.75 Å².